The molecule has 2 aromatic rings. The first-order valence-corrected chi connectivity index (χ1v) is 8.72. The van der Waals surface area contributed by atoms with Gasteiger partial charge in [0.05, 0.1) is 23.9 Å². The first-order chi connectivity index (χ1) is 11.1. The molecule has 23 heavy (non-hydrogen) atoms. The number of nitrogens with zero attached hydrogens (tertiary/aromatic N) is 4. The van der Waals surface area contributed by atoms with E-state index in [2.05, 4.69) is 20.8 Å². The number of amides is 1. The van der Waals surface area contributed by atoms with Crippen LogP contribution in [0.3, 0.4) is 0 Å². The van der Waals surface area contributed by atoms with E-state index in [1.807, 2.05) is 26.2 Å². The van der Waals surface area contributed by atoms with Gasteiger partial charge in [-0.2, -0.15) is 16.4 Å². The molecule has 0 radical (unpaired) electrons. The van der Waals surface area contributed by atoms with Gasteiger partial charge in [0.2, 0.25) is 0 Å². The van der Waals surface area contributed by atoms with Crippen LogP contribution in [0.25, 0.3) is 5.69 Å². The first-order valence-electron chi connectivity index (χ1n) is 7.32. The number of thioether (sulfide) groups is 1. The highest BCUT2D eigenvalue weighted by Crippen LogP contribution is 2.22. The summed E-state index contributed by atoms with van der Waals surface area (Å²) in [7, 11) is 0. The van der Waals surface area contributed by atoms with Crippen LogP contribution in [0.15, 0.2) is 18.5 Å². The van der Waals surface area contributed by atoms with E-state index < -0.39 is 0 Å². The smallest absolute Gasteiger partial charge is 0.253 e. The predicted octanol–water partition coefficient (Wildman–Crippen LogP) is 1.12. The van der Waals surface area contributed by atoms with Crippen LogP contribution in [0.4, 0.5) is 0 Å². The molecule has 1 aromatic carbocycles. The van der Waals surface area contributed by atoms with Crippen LogP contribution < -0.4 is 5.32 Å². The Morgan fingerprint density at radius 2 is 2.22 bits per heavy atom. The minimum atomic E-state index is -0.265. The molecule has 1 atom stereocenters. The fourth-order valence-electron chi connectivity index (χ4n) is 2.28. The minimum absolute atomic E-state index is 0.0860. The molecule has 0 fully saturated rings. The van der Waals surface area contributed by atoms with Crippen molar-refractivity contribution in [1.29, 1.82) is 0 Å². The molecular weight excluding hydrogens is 314 g/mol. The van der Waals surface area contributed by atoms with E-state index in [0.717, 1.165) is 16.9 Å². The number of aryl methyl sites for hydroxylation is 1. The van der Waals surface area contributed by atoms with E-state index in [1.165, 1.54) is 11.0 Å². The van der Waals surface area contributed by atoms with Crippen molar-refractivity contribution in [3.8, 4) is 5.69 Å². The summed E-state index contributed by atoms with van der Waals surface area (Å²) in [5.41, 5.74) is 3.14. The molecule has 0 aliphatic rings. The van der Waals surface area contributed by atoms with Gasteiger partial charge in [-0.1, -0.05) is 6.07 Å². The lowest BCUT2D eigenvalue weighted by molar-refractivity contribution is 0.0915. The molecule has 1 amide bonds. The fourth-order valence-corrected chi connectivity index (χ4v) is 2.80. The molecular formula is C15H21N5O2S. The van der Waals surface area contributed by atoms with Crippen LogP contribution in [0, 0.1) is 13.8 Å². The number of nitrogens with one attached hydrogen (secondary N) is 1. The Hall–Kier alpha value is -1.93. The van der Waals surface area contributed by atoms with Crippen LogP contribution in [-0.4, -0.2) is 55.9 Å². The van der Waals surface area contributed by atoms with E-state index in [1.54, 1.807) is 17.8 Å². The molecule has 124 valence electrons. The molecule has 1 unspecified atom stereocenters. The second kappa shape index (κ2) is 8.07. The second-order valence-corrected chi connectivity index (χ2v) is 6.28. The van der Waals surface area contributed by atoms with Crippen molar-refractivity contribution in [2.24, 2.45) is 0 Å². The Morgan fingerprint density at radius 3 is 2.83 bits per heavy atom. The number of aliphatic hydroxyl groups is 1. The SMILES string of the molecule is CSCCC(CO)NC(=O)c1ccc(C)c(C)c1-n1cnnn1. The summed E-state index contributed by atoms with van der Waals surface area (Å²) < 4.78 is 1.49. The van der Waals surface area contributed by atoms with Gasteiger partial charge < -0.3 is 10.4 Å². The van der Waals surface area contributed by atoms with E-state index in [4.69, 9.17) is 0 Å². The van der Waals surface area contributed by atoms with Gasteiger partial charge in [0, 0.05) is 0 Å². The van der Waals surface area contributed by atoms with Gasteiger partial charge in [-0.3, -0.25) is 4.79 Å². The van der Waals surface area contributed by atoms with E-state index in [-0.39, 0.29) is 18.6 Å². The van der Waals surface area contributed by atoms with Gasteiger partial charge >= 0.3 is 0 Å². The summed E-state index contributed by atoms with van der Waals surface area (Å²) in [5, 5.41) is 23.5. The number of hydrogen-bond donors (Lipinski definition) is 2. The summed E-state index contributed by atoms with van der Waals surface area (Å²) in [6, 6.07) is 3.39. The van der Waals surface area contributed by atoms with Gasteiger partial charge in [-0.05, 0) is 59.9 Å². The molecule has 0 aliphatic carbocycles. The minimum Gasteiger partial charge on any atom is -0.394 e. The Morgan fingerprint density at radius 1 is 1.43 bits per heavy atom. The number of aromatic nitrogens is 4. The van der Waals surface area contributed by atoms with E-state index in [0.29, 0.717) is 17.7 Å². The maximum Gasteiger partial charge on any atom is 0.253 e. The van der Waals surface area contributed by atoms with E-state index in [9.17, 15) is 9.90 Å². The summed E-state index contributed by atoms with van der Waals surface area (Å²) in [4.78, 5) is 12.6. The van der Waals surface area contributed by atoms with E-state index >= 15 is 0 Å². The second-order valence-electron chi connectivity index (χ2n) is 5.29. The lowest BCUT2D eigenvalue weighted by Gasteiger charge is -2.18. The zero-order valence-electron chi connectivity index (χ0n) is 13.5. The molecule has 2 rings (SSSR count). The third kappa shape index (κ3) is 4.08. The van der Waals surface area contributed by atoms with Crippen molar-refractivity contribution in [2.45, 2.75) is 26.3 Å². The monoisotopic (exact) mass is 335 g/mol. The lowest BCUT2D eigenvalue weighted by Crippen LogP contribution is -2.38. The topological polar surface area (TPSA) is 92.9 Å². The van der Waals surface area contributed by atoms with Gasteiger partial charge in [-0.15, -0.1) is 5.10 Å². The van der Waals surface area contributed by atoms with Crippen LogP contribution >= 0.6 is 11.8 Å². The van der Waals surface area contributed by atoms with Crippen molar-refractivity contribution < 1.29 is 9.90 Å². The van der Waals surface area contributed by atoms with Gasteiger partial charge in [0.15, 0.2) is 0 Å². The summed E-state index contributed by atoms with van der Waals surface area (Å²) in [5.74, 6) is 0.636. The Kier molecular flexibility index (Phi) is 6.12. The Bertz CT molecular complexity index is 660. The number of carbonyl (C=O) groups excluding carboxylic acids is 1. The normalized spacial score (nSPS) is 12.2. The maximum absolute atomic E-state index is 12.6. The molecule has 0 saturated carbocycles. The first kappa shape index (κ1) is 17.4. The van der Waals surface area contributed by atoms with Crippen molar-refractivity contribution in [1.82, 2.24) is 25.5 Å². The number of tetrazole rings is 1. The lowest BCUT2D eigenvalue weighted by atomic mass is 10.0. The quantitative estimate of drug-likeness (QED) is 0.788. The van der Waals surface area contributed by atoms with Gasteiger partial charge in [0.1, 0.15) is 6.33 Å². The molecule has 0 bridgehead atoms. The van der Waals surface area contributed by atoms with Crippen molar-refractivity contribution in [3.63, 3.8) is 0 Å². The Labute approximate surface area is 139 Å². The Balaban J connectivity index is 2.32. The molecule has 1 aromatic heterocycles. The highest BCUT2D eigenvalue weighted by Gasteiger charge is 2.19. The van der Waals surface area contributed by atoms with Crippen molar-refractivity contribution in [3.05, 3.63) is 35.2 Å². The predicted molar refractivity (Wildman–Crippen MR) is 90.0 cm³/mol. The summed E-state index contributed by atoms with van der Waals surface area (Å²) in [6.07, 6.45) is 4.18. The molecule has 0 spiro atoms. The van der Waals surface area contributed by atoms with Crippen LogP contribution in [0.2, 0.25) is 0 Å². The van der Waals surface area contributed by atoms with Crippen LogP contribution in [0.1, 0.15) is 27.9 Å². The number of benzene rings is 1. The van der Waals surface area contributed by atoms with Crippen LogP contribution in [-0.2, 0) is 0 Å². The molecule has 1 heterocycles. The third-order valence-corrected chi connectivity index (χ3v) is 4.39. The fraction of sp³-hybridized carbons (Fsp3) is 0.467. The van der Waals surface area contributed by atoms with Crippen LogP contribution in [0.5, 0.6) is 0 Å². The van der Waals surface area contributed by atoms with Crippen molar-refractivity contribution in [2.75, 3.05) is 18.6 Å². The number of rotatable bonds is 7. The van der Waals surface area contributed by atoms with Crippen molar-refractivity contribution >= 4 is 17.7 Å². The highest BCUT2D eigenvalue weighted by molar-refractivity contribution is 7.98. The zero-order valence-corrected chi connectivity index (χ0v) is 14.3. The molecule has 7 nitrogen and oxygen atoms in total. The zero-order chi connectivity index (χ0) is 16.8. The average Bonchev–Trinajstić information content (AvgIpc) is 3.07. The van der Waals surface area contributed by atoms with Gasteiger partial charge in [-0.25, -0.2) is 0 Å². The largest absolute Gasteiger partial charge is 0.394 e. The number of hydrogen-bond acceptors (Lipinski definition) is 6. The molecule has 2 N–H and O–H groups in total. The molecule has 8 heteroatoms. The third-order valence-electron chi connectivity index (χ3n) is 3.75. The maximum atomic E-state index is 12.6. The average molecular weight is 335 g/mol. The van der Waals surface area contributed by atoms with Gasteiger partial charge in [0.25, 0.3) is 5.91 Å². The summed E-state index contributed by atoms with van der Waals surface area (Å²) >= 11 is 1.68. The highest BCUT2D eigenvalue weighted by atomic mass is 32.2. The standard InChI is InChI=1S/C15H21N5O2S/c1-10-4-5-13(14(11(10)2)20-9-16-18-19-20)15(22)17-12(8-21)6-7-23-3/h4-5,9,12,21H,6-8H2,1-3H3,(H,17,22). The molecule has 0 aliphatic heterocycles. The number of aliphatic hydroxyl groups excluding tert-OH is 1. The molecule has 0 saturated heterocycles. The summed E-state index contributed by atoms with van der Waals surface area (Å²) in [6.45, 7) is 3.82. The number of carbonyl (C=O) groups is 1.